The lowest BCUT2D eigenvalue weighted by Crippen LogP contribution is -2.07. The van der Waals surface area contributed by atoms with Gasteiger partial charge in [-0.25, -0.2) is 0 Å². The van der Waals surface area contributed by atoms with E-state index < -0.39 is 0 Å². The number of hydrogen-bond acceptors (Lipinski definition) is 1. The highest BCUT2D eigenvalue weighted by Gasteiger charge is 2.12. The van der Waals surface area contributed by atoms with Crippen LogP contribution in [-0.4, -0.2) is 6.26 Å². The Morgan fingerprint density at radius 3 is 1.90 bits per heavy atom. The summed E-state index contributed by atoms with van der Waals surface area (Å²) in [5.41, 5.74) is 7.97. The summed E-state index contributed by atoms with van der Waals surface area (Å²) in [7, 11) is 0. The third-order valence-electron chi connectivity index (χ3n) is 8.04. The first-order chi connectivity index (χ1) is 18.9. The van der Waals surface area contributed by atoms with E-state index in [-0.39, 0.29) is 0 Å². The van der Waals surface area contributed by atoms with Gasteiger partial charge in [0.05, 0.1) is 0 Å². The van der Waals surface area contributed by atoms with Crippen molar-refractivity contribution in [3.05, 3.63) is 69.7 Å². The van der Waals surface area contributed by atoms with E-state index in [2.05, 4.69) is 120 Å². The molecule has 1 aromatic rings. The molecule has 1 aliphatic carbocycles. The SMILES string of the molecule is C=C/C(=C\C(=C(C)C)C(C)C)SC.CCCC(C)(C)CC.CCCC(CC)CCC.Cc1ccc2c(c1)CCC2. The Morgan fingerprint density at radius 2 is 1.52 bits per heavy atom. The van der Waals surface area contributed by atoms with Crippen molar-refractivity contribution >= 4 is 11.8 Å². The van der Waals surface area contributed by atoms with Crippen LogP contribution in [0.3, 0.4) is 0 Å². The molecule has 0 saturated carbocycles. The average molecular weight is 571 g/mol. The van der Waals surface area contributed by atoms with Gasteiger partial charge in [-0.2, -0.15) is 0 Å². The van der Waals surface area contributed by atoms with Crippen LogP contribution in [0.15, 0.2) is 53.0 Å². The molecule has 0 radical (unpaired) electrons. The van der Waals surface area contributed by atoms with Gasteiger partial charge in [-0.1, -0.05) is 149 Å². The van der Waals surface area contributed by atoms with Crippen molar-refractivity contribution in [1.29, 1.82) is 0 Å². The molecule has 0 amide bonds. The van der Waals surface area contributed by atoms with Crippen LogP contribution in [0.2, 0.25) is 0 Å². The van der Waals surface area contributed by atoms with E-state index in [1.807, 2.05) is 6.08 Å². The molecule has 0 aromatic heterocycles. The van der Waals surface area contributed by atoms with Crippen molar-refractivity contribution in [1.82, 2.24) is 0 Å². The van der Waals surface area contributed by atoms with Crippen molar-refractivity contribution in [2.24, 2.45) is 17.3 Å². The van der Waals surface area contributed by atoms with E-state index in [1.54, 1.807) is 22.9 Å². The van der Waals surface area contributed by atoms with Gasteiger partial charge in [0, 0.05) is 4.91 Å². The maximum atomic E-state index is 3.79. The van der Waals surface area contributed by atoms with Crippen molar-refractivity contribution in [3.8, 4) is 0 Å². The topological polar surface area (TPSA) is 0 Å². The van der Waals surface area contributed by atoms with Gasteiger partial charge in [-0.05, 0) is 92.7 Å². The second-order valence-electron chi connectivity index (χ2n) is 12.8. The standard InChI is InChI=1S/C12H20S.C10H12.C9H20.C8H18/c1-7-11(13-6)8-12(9(2)3)10(4)5;1-8-5-6-9-3-2-4-10(9)7-8;1-4-7-9(6-3)8-5-2;1-5-7-8(3,4)6-2/h7-9H,1H2,2-6H3;5-7H,2-4H2,1H3;9H,4-8H2,1-3H3;5-7H2,1-4H3/b11-8+;;;. The van der Waals surface area contributed by atoms with E-state index >= 15 is 0 Å². The monoisotopic (exact) mass is 571 g/mol. The van der Waals surface area contributed by atoms with Crippen LogP contribution in [0.1, 0.15) is 151 Å². The molecule has 1 aromatic carbocycles. The van der Waals surface area contributed by atoms with Crippen LogP contribution < -0.4 is 0 Å². The van der Waals surface area contributed by atoms with Gasteiger partial charge in [-0.15, -0.1) is 11.8 Å². The molecule has 1 aliphatic rings. The summed E-state index contributed by atoms with van der Waals surface area (Å²) in [6.07, 6.45) is 21.1. The van der Waals surface area contributed by atoms with Gasteiger partial charge in [0.2, 0.25) is 0 Å². The third kappa shape index (κ3) is 19.8. The van der Waals surface area contributed by atoms with Crippen molar-refractivity contribution in [3.63, 3.8) is 0 Å². The lowest BCUT2D eigenvalue weighted by molar-refractivity contribution is 0.319. The molecule has 0 spiro atoms. The lowest BCUT2D eigenvalue weighted by atomic mass is 9.86. The molecule has 1 heteroatoms. The number of thioether (sulfide) groups is 1. The maximum Gasteiger partial charge on any atom is 0.00660 e. The molecule has 0 N–H and O–H groups in total. The van der Waals surface area contributed by atoms with E-state index in [4.69, 9.17) is 0 Å². The Balaban J connectivity index is 0. The van der Waals surface area contributed by atoms with Gasteiger partial charge >= 0.3 is 0 Å². The van der Waals surface area contributed by atoms with E-state index in [1.165, 1.54) is 92.2 Å². The molecule has 0 bridgehead atoms. The van der Waals surface area contributed by atoms with E-state index in [9.17, 15) is 0 Å². The second-order valence-corrected chi connectivity index (χ2v) is 13.7. The number of rotatable bonds is 12. The molecule has 0 unspecified atom stereocenters. The first kappa shape index (κ1) is 40.9. The predicted molar refractivity (Wildman–Crippen MR) is 191 cm³/mol. The molecular formula is C39H70S. The average Bonchev–Trinajstić information content (AvgIpc) is 3.37. The van der Waals surface area contributed by atoms with Crippen LogP contribution in [0, 0.1) is 24.2 Å². The van der Waals surface area contributed by atoms with Crippen molar-refractivity contribution in [2.75, 3.05) is 6.26 Å². The van der Waals surface area contributed by atoms with Crippen molar-refractivity contribution < 1.29 is 0 Å². The van der Waals surface area contributed by atoms with E-state index in [0.717, 1.165) is 5.92 Å². The second kappa shape index (κ2) is 24.4. The number of benzene rings is 1. The zero-order valence-corrected chi connectivity index (χ0v) is 30.3. The molecule has 2 rings (SSSR count). The fourth-order valence-corrected chi connectivity index (χ4v) is 5.58. The molecule has 0 aliphatic heterocycles. The summed E-state index contributed by atoms with van der Waals surface area (Å²) in [5, 5.41) is 0. The Labute approximate surface area is 258 Å². The first-order valence-electron chi connectivity index (χ1n) is 16.5. The summed E-state index contributed by atoms with van der Waals surface area (Å²) < 4.78 is 0. The first-order valence-corrected chi connectivity index (χ1v) is 17.7. The molecule has 0 nitrogen and oxygen atoms in total. The Bertz CT molecular complexity index is 826. The fraction of sp³-hybridized carbons (Fsp3) is 0.692. The molecule has 232 valence electrons. The number of fused-ring (bicyclic) bond motifs is 1. The lowest BCUT2D eigenvalue weighted by Gasteiger charge is -2.20. The highest BCUT2D eigenvalue weighted by Crippen LogP contribution is 2.25. The van der Waals surface area contributed by atoms with Crippen LogP contribution in [0.25, 0.3) is 0 Å². The maximum absolute atomic E-state index is 3.79. The van der Waals surface area contributed by atoms with Gasteiger partial charge < -0.3 is 0 Å². The Morgan fingerprint density at radius 1 is 0.950 bits per heavy atom. The van der Waals surface area contributed by atoms with E-state index in [0.29, 0.717) is 11.3 Å². The summed E-state index contributed by atoms with van der Waals surface area (Å²) in [6, 6.07) is 6.81. The summed E-state index contributed by atoms with van der Waals surface area (Å²) in [4.78, 5) is 1.24. The molecular weight excluding hydrogens is 500 g/mol. The zero-order chi connectivity index (χ0) is 31.1. The third-order valence-corrected chi connectivity index (χ3v) is 8.80. The fourth-order valence-electron chi connectivity index (χ4n) is 5.17. The minimum atomic E-state index is 0.590. The molecule has 40 heavy (non-hydrogen) atoms. The quantitative estimate of drug-likeness (QED) is 0.225. The van der Waals surface area contributed by atoms with Gasteiger partial charge in [-0.3, -0.25) is 0 Å². The molecule has 0 atom stereocenters. The Hall–Kier alpha value is -1.21. The predicted octanol–water partition coefficient (Wildman–Crippen LogP) is 13.7. The normalized spacial score (nSPS) is 12.4. The van der Waals surface area contributed by atoms with Gasteiger partial charge in [0.25, 0.3) is 0 Å². The smallest absolute Gasteiger partial charge is 0.00660 e. The number of hydrogen-bond donors (Lipinski definition) is 0. The highest BCUT2D eigenvalue weighted by atomic mass is 32.2. The number of allylic oxidation sites excluding steroid dienone is 4. The highest BCUT2D eigenvalue weighted by molar-refractivity contribution is 8.02. The molecule has 0 fully saturated rings. The largest absolute Gasteiger partial charge is 0.130 e. The van der Waals surface area contributed by atoms with Crippen LogP contribution >= 0.6 is 11.8 Å². The zero-order valence-electron chi connectivity index (χ0n) is 29.4. The van der Waals surface area contributed by atoms with Gasteiger partial charge in [0.1, 0.15) is 0 Å². The van der Waals surface area contributed by atoms with Gasteiger partial charge in [0.15, 0.2) is 0 Å². The summed E-state index contributed by atoms with van der Waals surface area (Å²) >= 11 is 1.74. The minimum Gasteiger partial charge on any atom is -0.130 e. The summed E-state index contributed by atoms with van der Waals surface area (Å²) in [6.45, 7) is 30.7. The summed E-state index contributed by atoms with van der Waals surface area (Å²) in [5.74, 6) is 1.60. The molecule has 0 heterocycles. The molecule has 0 saturated heterocycles. The number of aryl methyl sites for hydroxylation is 3. The van der Waals surface area contributed by atoms with Crippen LogP contribution in [0.4, 0.5) is 0 Å². The van der Waals surface area contributed by atoms with Crippen LogP contribution in [-0.2, 0) is 12.8 Å². The van der Waals surface area contributed by atoms with Crippen molar-refractivity contribution in [2.45, 2.75) is 154 Å². The minimum absolute atomic E-state index is 0.590. The van der Waals surface area contributed by atoms with Crippen LogP contribution in [0.5, 0.6) is 0 Å². The Kier molecular flexibility index (Phi) is 25.0.